The highest BCUT2D eigenvalue weighted by Gasteiger charge is 2.30. The van der Waals surface area contributed by atoms with E-state index in [-0.39, 0.29) is 11.7 Å². The van der Waals surface area contributed by atoms with Crippen LogP contribution in [0.25, 0.3) is 0 Å². The lowest BCUT2D eigenvalue weighted by Gasteiger charge is -2.21. The van der Waals surface area contributed by atoms with Gasteiger partial charge < -0.3 is 9.88 Å². The molecule has 2 heterocycles. The van der Waals surface area contributed by atoms with Gasteiger partial charge in [0.2, 0.25) is 10.0 Å². The number of amides is 1. The molecule has 7 nitrogen and oxygen atoms in total. The first-order valence-electron chi connectivity index (χ1n) is 8.28. The number of carbonyl (C=O) groups excluding carboxylic acids is 2. The van der Waals surface area contributed by atoms with Crippen LogP contribution >= 0.6 is 0 Å². The molecule has 0 saturated carbocycles. The molecular formula is C16H23N3O4S. The normalized spacial score (nSPS) is 19.9. The van der Waals surface area contributed by atoms with Crippen molar-refractivity contribution in [3.63, 3.8) is 0 Å². The highest BCUT2D eigenvalue weighted by molar-refractivity contribution is 7.88. The van der Waals surface area contributed by atoms with Crippen LogP contribution in [0.4, 0.5) is 0 Å². The lowest BCUT2D eigenvalue weighted by Crippen LogP contribution is -2.37. The summed E-state index contributed by atoms with van der Waals surface area (Å²) < 4.78 is 24.8. The molecule has 132 valence electrons. The van der Waals surface area contributed by atoms with Crippen molar-refractivity contribution >= 4 is 21.7 Å². The van der Waals surface area contributed by atoms with Crippen LogP contribution in [-0.2, 0) is 16.4 Å². The van der Waals surface area contributed by atoms with E-state index in [2.05, 4.69) is 4.98 Å². The summed E-state index contributed by atoms with van der Waals surface area (Å²) in [5.41, 5.74) is 2.74. The molecule has 24 heavy (non-hydrogen) atoms. The number of carbonyl (C=O) groups is 2. The van der Waals surface area contributed by atoms with E-state index in [1.807, 2.05) is 6.92 Å². The Morgan fingerprint density at radius 3 is 2.50 bits per heavy atom. The summed E-state index contributed by atoms with van der Waals surface area (Å²) in [4.78, 5) is 29.8. The second-order valence-corrected chi connectivity index (χ2v) is 8.55. The molecule has 1 N–H and O–H groups in total. The third kappa shape index (κ3) is 3.12. The van der Waals surface area contributed by atoms with Gasteiger partial charge in [0.15, 0.2) is 5.78 Å². The van der Waals surface area contributed by atoms with E-state index in [0.29, 0.717) is 50.3 Å². The zero-order chi connectivity index (χ0) is 17.5. The predicted molar refractivity (Wildman–Crippen MR) is 89.7 cm³/mol. The van der Waals surface area contributed by atoms with Gasteiger partial charge in [-0.05, 0) is 31.7 Å². The Morgan fingerprint density at radius 1 is 1.08 bits per heavy atom. The zero-order valence-corrected chi connectivity index (χ0v) is 14.9. The van der Waals surface area contributed by atoms with Crippen LogP contribution < -0.4 is 0 Å². The van der Waals surface area contributed by atoms with Gasteiger partial charge in [0.25, 0.3) is 5.91 Å². The molecule has 1 aliphatic carbocycles. The third-order valence-electron chi connectivity index (χ3n) is 4.86. The van der Waals surface area contributed by atoms with E-state index in [4.69, 9.17) is 0 Å². The Kier molecular flexibility index (Phi) is 4.52. The number of H-pyrrole nitrogens is 1. The van der Waals surface area contributed by atoms with Crippen LogP contribution in [0, 0.1) is 6.92 Å². The number of hydrogen-bond donors (Lipinski definition) is 1. The Hall–Kier alpha value is -1.67. The Labute approximate surface area is 142 Å². The fraction of sp³-hybridized carbons (Fsp3) is 0.625. The van der Waals surface area contributed by atoms with Crippen molar-refractivity contribution in [1.29, 1.82) is 0 Å². The summed E-state index contributed by atoms with van der Waals surface area (Å²) in [6, 6.07) is 0. The second kappa shape index (κ2) is 6.33. The maximum absolute atomic E-state index is 12.9. The first-order chi connectivity index (χ1) is 11.3. The summed E-state index contributed by atoms with van der Waals surface area (Å²) in [7, 11) is -3.24. The van der Waals surface area contributed by atoms with Gasteiger partial charge in [-0.2, -0.15) is 0 Å². The lowest BCUT2D eigenvalue weighted by atomic mass is 9.94. The summed E-state index contributed by atoms with van der Waals surface area (Å²) >= 11 is 0. The van der Waals surface area contributed by atoms with Gasteiger partial charge in [-0.1, -0.05) is 0 Å². The molecule has 0 aromatic carbocycles. The number of rotatable bonds is 2. The number of ketones is 1. The molecule has 1 fully saturated rings. The molecular weight excluding hydrogens is 330 g/mol. The van der Waals surface area contributed by atoms with Crippen molar-refractivity contribution < 1.29 is 18.0 Å². The number of aromatic nitrogens is 1. The van der Waals surface area contributed by atoms with Gasteiger partial charge >= 0.3 is 0 Å². The maximum atomic E-state index is 12.9. The van der Waals surface area contributed by atoms with Gasteiger partial charge in [0, 0.05) is 43.9 Å². The summed E-state index contributed by atoms with van der Waals surface area (Å²) in [5.74, 6) is -0.0479. The lowest BCUT2D eigenvalue weighted by molar-refractivity contribution is 0.0758. The fourth-order valence-corrected chi connectivity index (χ4v) is 4.45. The quantitative estimate of drug-likeness (QED) is 0.857. The monoisotopic (exact) mass is 353 g/mol. The molecule has 3 rings (SSSR count). The summed E-state index contributed by atoms with van der Waals surface area (Å²) in [5, 5.41) is 0. The average molecular weight is 353 g/mol. The van der Waals surface area contributed by atoms with E-state index >= 15 is 0 Å². The maximum Gasteiger partial charge on any atom is 0.270 e. The van der Waals surface area contributed by atoms with Gasteiger partial charge in [-0.25, -0.2) is 12.7 Å². The number of nitrogens with one attached hydrogen (secondary N) is 1. The second-order valence-electron chi connectivity index (χ2n) is 6.56. The number of Topliss-reactive ketones (excluding diaryl/α,β-unsaturated/α-hetero) is 1. The smallest absolute Gasteiger partial charge is 0.270 e. The Balaban J connectivity index is 1.81. The van der Waals surface area contributed by atoms with Crippen LogP contribution in [0.3, 0.4) is 0 Å². The van der Waals surface area contributed by atoms with Crippen molar-refractivity contribution in [3.8, 4) is 0 Å². The molecule has 0 unspecified atom stereocenters. The van der Waals surface area contributed by atoms with E-state index in [9.17, 15) is 18.0 Å². The minimum Gasteiger partial charge on any atom is -0.354 e. The molecule has 0 atom stereocenters. The topological polar surface area (TPSA) is 90.6 Å². The third-order valence-corrected chi connectivity index (χ3v) is 6.17. The van der Waals surface area contributed by atoms with Gasteiger partial charge in [-0.3, -0.25) is 9.59 Å². The minimum absolute atomic E-state index is 0.100. The van der Waals surface area contributed by atoms with Crippen LogP contribution in [0.5, 0.6) is 0 Å². The largest absolute Gasteiger partial charge is 0.354 e. The van der Waals surface area contributed by atoms with Gasteiger partial charge in [0.1, 0.15) is 5.69 Å². The van der Waals surface area contributed by atoms with Crippen molar-refractivity contribution in [3.05, 3.63) is 22.5 Å². The van der Waals surface area contributed by atoms with Gasteiger partial charge in [0.05, 0.1) is 6.26 Å². The van der Waals surface area contributed by atoms with Crippen LogP contribution in [0.15, 0.2) is 0 Å². The molecule has 1 aromatic rings. The predicted octanol–water partition coefficient (Wildman–Crippen LogP) is 0.950. The molecule has 1 aliphatic heterocycles. The summed E-state index contributed by atoms with van der Waals surface area (Å²) in [6.07, 6.45) is 3.94. The van der Waals surface area contributed by atoms with E-state index in [1.165, 1.54) is 10.6 Å². The van der Waals surface area contributed by atoms with E-state index in [0.717, 1.165) is 24.1 Å². The molecule has 8 heteroatoms. The van der Waals surface area contributed by atoms with Crippen LogP contribution in [0.1, 0.15) is 51.4 Å². The number of fused-ring (bicyclic) bond motifs is 1. The van der Waals surface area contributed by atoms with Crippen molar-refractivity contribution in [2.45, 2.75) is 32.6 Å². The highest BCUT2D eigenvalue weighted by Crippen LogP contribution is 2.27. The highest BCUT2D eigenvalue weighted by atomic mass is 32.2. The number of nitrogens with zero attached hydrogens (tertiary/aromatic N) is 2. The summed E-state index contributed by atoms with van der Waals surface area (Å²) in [6.45, 7) is 3.43. The minimum atomic E-state index is -3.24. The van der Waals surface area contributed by atoms with Gasteiger partial charge in [-0.15, -0.1) is 0 Å². The Bertz CT molecular complexity index is 781. The molecule has 1 saturated heterocycles. The zero-order valence-electron chi connectivity index (χ0n) is 14.1. The fourth-order valence-electron chi connectivity index (χ4n) is 3.57. The number of sulfonamides is 1. The van der Waals surface area contributed by atoms with E-state index < -0.39 is 10.0 Å². The molecule has 1 aromatic heterocycles. The number of aryl methyl sites for hydroxylation is 1. The molecule has 2 aliphatic rings. The molecule has 1 amide bonds. The number of aromatic amines is 1. The molecule has 0 bridgehead atoms. The van der Waals surface area contributed by atoms with Crippen LogP contribution in [-0.4, -0.2) is 66.7 Å². The van der Waals surface area contributed by atoms with Crippen molar-refractivity contribution in [2.75, 3.05) is 32.4 Å². The number of hydrogen-bond acceptors (Lipinski definition) is 4. The molecule has 0 radical (unpaired) electrons. The van der Waals surface area contributed by atoms with Crippen molar-refractivity contribution in [2.24, 2.45) is 0 Å². The molecule has 0 spiro atoms. The standard InChI is InChI=1S/C16H23N3O4S/c1-11-14-12(5-3-6-13(14)20)17-15(11)16(21)18-7-4-8-19(10-9-18)24(2,22)23/h17H,3-10H2,1-2H3. The Morgan fingerprint density at radius 2 is 1.83 bits per heavy atom. The van der Waals surface area contributed by atoms with Crippen LogP contribution in [0.2, 0.25) is 0 Å². The van der Waals surface area contributed by atoms with Crippen molar-refractivity contribution in [1.82, 2.24) is 14.2 Å². The van der Waals surface area contributed by atoms with E-state index in [1.54, 1.807) is 4.90 Å². The first-order valence-corrected chi connectivity index (χ1v) is 10.1. The first kappa shape index (κ1) is 17.2. The SMILES string of the molecule is Cc1c(C(=O)N2CCCN(S(C)(=O)=O)CC2)[nH]c2c1C(=O)CCC2. The average Bonchev–Trinajstić information content (AvgIpc) is 2.71.